The number of hydrogen-bond donors (Lipinski definition) is 1. The average molecular weight is 285 g/mol. The minimum absolute atomic E-state index is 0.167. The van der Waals surface area contributed by atoms with Gasteiger partial charge in [-0.3, -0.25) is 4.90 Å². The van der Waals surface area contributed by atoms with Crippen molar-refractivity contribution in [2.24, 2.45) is 0 Å². The van der Waals surface area contributed by atoms with Crippen molar-refractivity contribution in [3.8, 4) is 0 Å². The van der Waals surface area contributed by atoms with E-state index < -0.39 is 28.1 Å². The predicted octanol–water partition coefficient (Wildman–Crippen LogP) is 0.902. The molecule has 2 atom stereocenters. The summed E-state index contributed by atoms with van der Waals surface area (Å²) in [5, 5.41) is 8.47. The molecule has 0 aliphatic heterocycles. The molecule has 1 N–H and O–H groups in total. The zero-order valence-corrected chi connectivity index (χ0v) is 11.4. The van der Waals surface area contributed by atoms with Gasteiger partial charge in [0, 0.05) is 18.8 Å². The van der Waals surface area contributed by atoms with E-state index in [2.05, 4.69) is 0 Å². The van der Waals surface area contributed by atoms with Crippen LogP contribution in [-0.2, 0) is 9.84 Å². The first-order valence-corrected chi connectivity index (χ1v) is 8.12. The summed E-state index contributed by atoms with van der Waals surface area (Å²) in [6.07, 6.45) is 1.19. The molecule has 4 nitrogen and oxygen atoms in total. The third-order valence-electron chi connectivity index (χ3n) is 3.48. The van der Waals surface area contributed by atoms with Crippen LogP contribution in [0.25, 0.3) is 0 Å². The molecule has 1 aliphatic rings. The lowest BCUT2D eigenvalue weighted by Gasteiger charge is -2.36. The predicted molar refractivity (Wildman–Crippen MR) is 65.6 cm³/mol. The maximum absolute atomic E-state index is 12.5. The lowest BCUT2D eigenvalue weighted by molar-refractivity contribution is 0.0446. The van der Waals surface area contributed by atoms with Crippen LogP contribution in [-0.4, -0.2) is 62.1 Å². The molecule has 0 aromatic carbocycles. The zero-order chi connectivity index (χ0) is 13.8. The number of halogens is 2. The Labute approximate surface area is 107 Å². The van der Waals surface area contributed by atoms with Gasteiger partial charge in [0.2, 0.25) is 0 Å². The Morgan fingerprint density at radius 3 is 2.56 bits per heavy atom. The van der Waals surface area contributed by atoms with E-state index in [9.17, 15) is 17.2 Å². The van der Waals surface area contributed by atoms with Gasteiger partial charge in [0.05, 0.1) is 18.4 Å². The number of rotatable bonds is 6. The molecule has 108 valence electrons. The Hall–Kier alpha value is -0.270. The van der Waals surface area contributed by atoms with Crippen LogP contribution in [0.1, 0.15) is 25.7 Å². The molecule has 18 heavy (non-hydrogen) atoms. The van der Waals surface area contributed by atoms with E-state index in [1.807, 2.05) is 0 Å². The molecule has 0 aromatic rings. The van der Waals surface area contributed by atoms with Crippen molar-refractivity contribution >= 4 is 9.84 Å². The lowest BCUT2D eigenvalue weighted by Crippen LogP contribution is -2.45. The van der Waals surface area contributed by atoms with Crippen LogP contribution in [0.5, 0.6) is 0 Å². The lowest BCUT2D eigenvalue weighted by atomic mass is 9.93. The molecular weight excluding hydrogens is 264 g/mol. The second kappa shape index (κ2) is 6.77. The van der Waals surface area contributed by atoms with Gasteiger partial charge in [0.1, 0.15) is 9.84 Å². The van der Waals surface area contributed by atoms with E-state index in [-0.39, 0.29) is 19.2 Å². The van der Waals surface area contributed by atoms with E-state index in [1.165, 1.54) is 11.2 Å². The molecule has 0 spiro atoms. The molecule has 0 heterocycles. The van der Waals surface area contributed by atoms with Gasteiger partial charge in [0.25, 0.3) is 6.43 Å². The molecule has 1 saturated carbocycles. The van der Waals surface area contributed by atoms with Crippen molar-refractivity contribution in [1.82, 2.24) is 4.90 Å². The van der Waals surface area contributed by atoms with Crippen molar-refractivity contribution in [3.63, 3.8) is 0 Å². The maximum atomic E-state index is 12.5. The maximum Gasteiger partial charge on any atom is 0.251 e. The summed E-state index contributed by atoms with van der Waals surface area (Å²) in [7, 11) is -3.11. The van der Waals surface area contributed by atoms with Gasteiger partial charge in [-0.1, -0.05) is 6.42 Å². The molecular formula is C11H21F2NO3S. The average Bonchev–Trinajstić information content (AvgIpc) is 2.27. The molecule has 0 aromatic heterocycles. The summed E-state index contributed by atoms with van der Waals surface area (Å²) < 4.78 is 47.9. The number of nitrogens with zero attached hydrogens (tertiary/aromatic N) is 1. The largest absolute Gasteiger partial charge is 0.395 e. The minimum Gasteiger partial charge on any atom is -0.395 e. The van der Waals surface area contributed by atoms with Crippen LogP contribution in [0.3, 0.4) is 0 Å². The Morgan fingerprint density at radius 1 is 1.39 bits per heavy atom. The fourth-order valence-corrected chi connectivity index (χ4v) is 3.74. The van der Waals surface area contributed by atoms with Crippen molar-refractivity contribution in [3.05, 3.63) is 0 Å². The summed E-state index contributed by atoms with van der Waals surface area (Å²) in [5.74, 6) is 0. The number of hydrogen-bond acceptors (Lipinski definition) is 4. The smallest absolute Gasteiger partial charge is 0.251 e. The third-order valence-corrected chi connectivity index (χ3v) is 5.12. The molecule has 0 radical (unpaired) electrons. The summed E-state index contributed by atoms with van der Waals surface area (Å²) in [4.78, 5) is 1.52. The van der Waals surface area contributed by atoms with E-state index in [0.29, 0.717) is 12.8 Å². The summed E-state index contributed by atoms with van der Waals surface area (Å²) >= 11 is 0. The molecule has 1 fully saturated rings. The molecule has 0 saturated heterocycles. The number of aliphatic hydroxyl groups is 1. The highest BCUT2D eigenvalue weighted by Crippen LogP contribution is 2.27. The van der Waals surface area contributed by atoms with Gasteiger partial charge in [0.15, 0.2) is 0 Å². The van der Waals surface area contributed by atoms with Gasteiger partial charge >= 0.3 is 0 Å². The quantitative estimate of drug-likeness (QED) is 0.788. The Kier molecular flexibility index (Phi) is 5.94. The van der Waals surface area contributed by atoms with E-state index in [4.69, 9.17) is 5.11 Å². The van der Waals surface area contributed by atoms with Crippen LogP contribution in [0.4, 0.5) is 8.78 Å². The molecule has 7 heteroatoms. The Balaban J connectivity index is 2.67. The summed E-state index contributed by atoms with van der Waals surface area (Å²) in [6.45, 7) is -0.417. The monoisotopic (exact) mass is 285 g/mol. The van der Waals surface area contributed by atoms with Crippen molar-refractivity contribution in [1.29, 1.82) is 0 Å². The first kappa shape index (κ1) is 15.8. The van der Waals surface area contributed by atoms with E-state index in [0.717, 1.165) is 12.8 Å². The van der Waals surface area contributed by atoms with Gasteiger partial charge in [-0.05, 0) is 19.3 Å². The third kappa shape index (κ3) is 4.78. The summed E-state index contributed by atoms with van der Waals surface area (Å²) in [6, 6.07) is -0.167. The summed E-state index contributed by atoms with van der Waals surface area (Å²) in [5.41, 5.74) is 0. The Bertz CT molecular complexity index is 348. The van der Waals surface area contributed by atoms with E-state index in [1.54, 1.807) is 0 Å². The first-order valence-electron chi connectivity index (χ1n) is 6.16. The van der Waals surface area contributed by atoms with Crippen LogP contribution in [0.15, 0.2) is 0 Å². The topological polar surface area (TPSA) is 57.6 Å². The second-order valence-corrected chi connectivity index (χ2v) is 7.21. The van der Waals surface area contributed by atoms with E-state index >= 15 is 0 Å². The van der Waals surface area contributed by atoms with Crippen LogP contribution in [0, 0.1) is 0 Å². The van der Waals surface area contributed by atoms with Crippen molar-refractivity contribution in [2.75, 3.05) is 26.0 Å². The molecule has 1 aliphatic carbocycles. The van der Waals surface area contributed by atoms with Crippen LogP contribution in [0.2, 0.25) is 0 Å². The standard InChI is InChI=1S/C11H21F2NO3S/c1-18(16,17)10-4-2-3-9(7-10)14(5-6-15)8-11(12)13/h9-11,15H,2-8H2,1H3. The molecule has 1 rings (SSSR count). The fraction of sp³-hybridized carbons (Fsp3) is 1.00. The SMILES string of the molecule is CS(=O)(=O)C1CCCC(N(CCO)CC(F)F)C1. The van der Waals surface area contributed by atoms with Crippen LogP contribution >= 0.6 is 0 Å². The van der Waals surface area contributed by atoms with Crippen molar-refractivity contribution in [2.45, 2.75) is 43.4 Å². The fourth-order valence-electron chi connectivity index (χ4n) is 2.57. The van der Waals surface area contributed by atoms with Crippen LogP contribution < -0.4 is 0 Å². The first-order chi connectivity index (χ1) is 8.34. The second-order valence-electron chi connectivity index (χ2n) is 4.88. The number of alkyl halides is 2. The number of aliphatic hydroxyl groups excluding tert-OH is 1. The van der Waals surface area contributed by atoms with Crippen molar-refractivity contribution < 1.29 is 22.3 Å². The van der Waals surface area contributed by atoms with Gasteiger partial charge in [-0.2, -0.15) is 0 Å². The Morgan fingerprint density at radius 2 is 2.06 bits per heavy atom. The molecule has 2 unspecified atom stereocenters. The highest BCUT2D eigenvalue weighted by Gasteiger charge is 2.32. The highest BCUT2D eigenvalue weighted by molar-refractivity contribution is 7.91. The molecule has 0 bridgehead atoms. The van der Waals surface area contributed by atoms with Gasteiger partial charge < -0.3 is 5.11 Å². The number of sulfone groups is 1. The van der Waals surface area contributed by atoms with Gasteiger partial charge in [-0.15, -0.1) is 0 Å². The normalized spacial score (nSPS) is 25.9. The zero-order valence-electron chi connectivity index (χ0n) is 10.6. The van der Waals surface area contributed by atoms with Gasteiger partial charge in [-0.25, -0.2) is 17.2 Å². The molecule has 0 amide bonds. The minimum atomic E-state index is -3.11. The highest BCUT2D eigenvalue weighted by atomic mass is 32.2.